The lowest BCUT2D eigenvalue weighted by atomic mass is 9.85. The second-order valence-electron chi connectivity index (χ2n) is 11.7. The van der Waals surface area contributed by atoms with Gasteiger partial charge in [-0.05, 0) is 95.3 Å². The second-order valence-corrected chi connectivity index (χ2v) is 11.7. The molecule has 0 bridgehead atoms. The lowest BCUT2D eigenvalue weighted by Gasteiger charge is -2.18. The van der Waals surface area contributed by atoms with Crippen molar-refractivity contribution in [3.05, 3.63) is 170 Å². The van der Waals surface area contributed by atoms with Crippen LogP contribution in [0.4, 0.5) is 0 Å². The van der Waals surface area contributed by atoms with E-state index in [-0.39, 0.29) is 38.9 Å². The van der Waals surface area contributed by atoms with Gasteiger partial charge in [-0.15, -0.1) is 0 Å². The van der Waals surface area contributed by atoms with Crippen molar-refractivity contribution in [3.63, 3.8) is 0 Å². The quantitative estimate of drug-likeness (QED) is 0.182. The van der Waals surface area contributed by atoms with Crippen molar-refractivity contribution in [3.8, 4) is 33.4 Å². The molecule has 0 N–H and O–H groups in total. The SMILES string of the molecule is [2H]c1c([2H])c([2H])c(-c2c([2H])c3c4cc(-c5c6ccccc6c(-c6ccc7ccccc7c6)c6ccccc56)ccc4oc3c3c([2H])c([2H])c([2H])c([2H])c23)c([2H])c1[2H]. The molecule has 0 atom stereocenters. The number of rotatable bonds is 3. The lowest BCUT2D eigenvalue weighted by molar-refractivity contribution is 0.673. The maximum absolute atomic E-state index is 9.71. The summed E-state index contributed by atoms with van der Waals surface area (Å²) in [7, 11) is 0. The largest absolute Gasteiger partial charge is 0.455 e. The Morgan fingerprint density at radius 3 is 1.68 bits per heavy atom. The van der Waals surface area contributed by atoms with Gasteiger partial charge in [0.05, 0.1) is 13.7 Å². The van der Waals surface area contributed by atoms with E-state index < -0.39 is 54.4 Å². The van der Waals surface area contributed by atoms with Gasteiger partial charge in [0.1, 0.15) is 11.2 Å². The Morgan fingerprint density at radius 2 is 0.979 bits per heavy atom. The third-order valence-electron chi connectivity index (χ3n) is 9.11. The van der Waals surface area contributed by atoms with E-state index in [0.29, 0.717) is 11.0 Å². The maximum Gasteiger partial charge on any atom is 0.143 e. The smallest absolute Gasteiger partial charge is 0.143 e. The van der Waals surface area contributed by atoms with Crippen LogP contribution in [0.3, 0.4) is 0 Å². The average molecular weight is 607 g/mol. The van der Waals surface area contributed by atoms with Crippen LogP contribution in [0.15, 0.2) is 174 Å². The molecule has 0 saturated heterocycles. The van der Waals surface area contributed by atoms with Crippen molar-refractivity contribution < 1.29 is 18.1 Å². The van der Waals surface area contributed by atoms with Crippen LogP contribution in [0.2, 0.25) is 0 Å². The van der Waals surface area contributed by atoms with Gasteiger partial charge in [0.25, 0.3) is 0 Å². The van der Waals surface area contributed by atoms with Crippen molar-refractivity contribution >= 4 is 65.0 Å². The fourth-order valence-corrected chi connectivity index (χ4v) is 7.07. The first-order valence-electron chi connectivity index (χ1n) is 20.4. The summed E-state index contributed by atoms with van der Waals surface area (Å²) in [5, 5.41) is 6.86. The van der Waals surface area contributed by atoms with Crippen LogP contribution < -0.4 is 0 Å². The van der Waals surface area contributed by atoms with E-state index in [1.807, 2.05) is 48.5 Å². The van der Waals surface area contributed by atoms with Gasteiger partial charge in [0.2, 0.25) is 0 Å². The van der Waals surface area contributed by atoms with E-state index in [1.54, 1.807) is 6.07 Å². The lowest BCUT2D eigenvalue weighted by Crippen LogP contribution is -1.91. The second kappa shape index (κ2) is 10.2. The van der Waals surface area contributed by atoms with E-state index in [4.69, 9.17) is 16.8 Å². The molecule has 10 rings (SSSR count). The Hall–Kier alpha value is -6.18. The van der Waals surface area contributed by atoms with Gasteiger partial charge >= 0.3 is 0 Å². The molecule has 9 aromatic carbocycles. The molecule has 1 aromatic heterocycles. The molecule has 0 amide bonds. The van der Waals surface area contributed by atoms with Crippen molar-refractivity contribution in [1.29, 1.82) is 0 Å². The minimum Gasteiger partial charge on any atom is -0.455 e. The van der Waals surface area contributed by atoms with Crippen LogP contribution in [-0.2, 0) is 0 Å². The molecule has 1 nitrogen and oxygen atoms in total. The first-order chi connectivity index (χ1) is 27.5. The highest BCUT2D eigenvalue weighted by atomic mass is 16.3. The van der Waals surface area contributed by atoms with Crippen LogP contribution in [0.25, 0.3) is 98.4 Å². The highest BCUT2D eigenvalue weighted by molar-refractivity contribution is 6.24. The molecule has 0 unspecified atom stereocenters. The van der Waals surface area contributed by atoms with Gasteiger partial charge < -0.3 is 4.42 Å². The number of fused-ring (bicyclic) bond motifs is 8. The molecule has 1 heteroatoms. The molecular weight excluding hydrogens is 569 g/mol. The maximum atomic E-state index is 9.71. The zero-order chi connectivity index (χ0) is 39.6. The highest BCUT2D eigenvalue weighted by Crippen LogP contribution is 2.46. The number of benzene rings is 9. The summed E-state index contributed by atoms with van der Waals surface area (Å²) >= 11 is 0. The van der Waals surface area contributed by atoms with E-state index >= 15 is 0 Å². The first kappa shape index (κ1) is 18.1. The van der Waals surface area contributed by atoms with Crippen molar-refractivity contribution in [1.82, 2.24) is 0 Å². The summed E-state index contributed by atoms with van der Waals surface area (Å²) in [6.45, 7) is 0. The minimum atomic E-state index is -0.621. The monoisotopic (exact) mass is 606 g/mol. The molecule has 10 aromatic rings. The highest BCUT2D eigenvalue weighted by Gasteiger charge is 2.19. The minimum absolute atomic E-state index is 0.0396. The first-order valence-corrected chi connectivity index (χ1v) is 15.4. The van der Waals surface area contributed by atoms with E-state index in [2.05, 4.69) is 54.6 Å². The van der Waals surface area contributed by atoms with Gasteiger partial charge in [-0.25, -0.2) is 0 Å². The molecular formula is C46H28O. The van der Waals surface area contributed by atoms with E-state index in [9.17, 15) is 1.37 Å². The summed E-state index contributed by atoms with van der Waals surface area (Å²) in [5.41, 5.74) is 3.83. The molecule has 218 valence electrons. The molecule has 0 aliphatic carbocycles. The zero-order valence-electron chi connectivity index (χ0n) is 34.8. The number of hydrogen-bond donors (Lipinski definition) is 0. The Labute approximate surface area is 286 Å². The summed E-state index contributed by atoms with van der Waals surface area (Å²) in [4.78, 5) is 0. The third kappa shape index (κ3) is 3.97. The average Bonchev–Trinajstić information content (AvgIpc) is 3.62. The molecule has 0 aliphatic rings. The standard InChI is InChI=1S/C46H28O/c1-2-13-30(14-3-1)40-28-42-41-27-33(24-25-43(41)47-46(42)39-21-11-6-16-34(39)40)45-37-19-9-7-17-35(37)44(36-18-8-10-20-38(36)45)32-23-22-29-12-4-5-15-31(29)26-32/h1-28H/i1D,2D,3D,6D,11D,13D,14D,16D,21D,28D. The fourth-order valence-electron chi connectivity index (χ4n) is 7.07. The number of hydrogen-bond acceptors (Lipinski definition) is 1. The molecule has 0 radical (unpaired) electrons. The summed E-state index contributed by atoms with van der Waals surface area (Å²) < 4.78 is 93.9. The molecule has 47 heavy (non-hydrogen) atoms. The summed E-state index contributed by atoms with van der Waals surface area (Å²) in [5.74, 6) is 0. The van der Waals surface area contributed by atoms with Crippen molar-refractivity contribution in [2.24, 2.45) is 0 Å². The normalized spacial score (nSPS) is 14.8. The third-order valence-corrected chi connectivity index (χ3v) is 9.11. The molecule has 1 heterocycles. The van der Waals surface area contributed by atoms with Gasteiger partial charge in [0, 0.05) is 16.2 Å². The number of furan rings is 1. The van der Waals surface area contributed by atoms with Crippen LogP contribution in [-0.4, -0.2) is 0 Å². The topological polar surface area (TPSA) is 13.1 Å². The van der Waals surface area contributed by atoms with Crippen LogP contribution in [0.1, 0.15) is 13.7 Å². The molecule has 0 saturated carbocycles. The fraction of sp³-hybridized carbons (Fsp3) is 0. The Kier molecular flexibility index (Phi) is 3.91. The summed E-state index contributed by atoms with van der Waals surface area (Å²) in [6.07, 6.45) is 0. The predicted molar refractivity (Wildman–Crippen MR) is 200 cm³/mol. The zero-order valence-corrected chi connectivity index (χ0v) is 24.8. The Balaban J connectivity index is 1.33. The van der Waals surface area contributed by atoms with E-state index in [0.717, 1.165) is 54.6 Å². The van der Waals surface area contributed by atoms with Crippen molar-refractivity contribution in [2.75, 3.05) is 0 Å². The Morgan fingerprint density at radius 1 is 0.404 bits per heavy atom. The van der Waals surface area contributed by atoms with Gasteiger partial charge in [0.15, 0.2) is 0 Å². The van der Waals surface area contributed by atoms with Crippen LogP contribution >= 0.6 is 0 Å². The van der Waals surface area contributed by atoms with Gasteiger partial charge in [-0.1, -0.05) is 145 Å². The van der Waals surface area contributed by atoms with E-state index in [1.165, 1.54) is 0 Å². The van der Waals surface area contributed by atoms with Crippen molar-refractivity contribution in [2.45, 2.75) is 0 Å². The molecule has 0 aliphatic heterocycles. The molecule has 0 fully saturated rings. The van der Waals surface area contributed by atoms with Gasteiger partial charge in [-0.2, -0.15) is 0 Å². The van der Waals surface area contributed by atoms with Crippen LogP contribution in [0.5, 0.6) is 0 Å². The van der Waals surface area contributed by atoms with Crippen LogP contribution in [0, 0.1) is 0 Å². The summed E-state index contributed by atoms with van der Waals surface area (Å²) in [6, 6.07) is 31.6. The van der Waals surface area contributed by atoms with Gasteiger partial charge in [-0.3, -0.25) is 0 Å². The predicted octanol–water partition coefficient (Wildman–Crippen LogP) is 13.2. The molecule has 0 spiro atoms. The Bertz CT molecular complexity index is 3340.